The van der Waals surface area contributed by atoms with E-state index in [2.05, 4.69) is 0 Å². The van der Waals surface area contributed by atoms with Gasteiger partial charge in [-0.3, -0.25) is 4.79 Å². The first-order chi connectivity index (χ1) is 15.1. The van der Waals surface area contributed by atoms with Crippen LogP contribution in [-0.2, 0) is 11.2 Å². The maximum Gasteiger partial charge on any atom is 0.229 e. The molecule has 0 amide bonds. The molecule has 0 aromatic heterocycles. The third-order valence-electron chi connectivity index (χ3n) is 5.15. The highest BCUT2D eigenvalue weighted by Crippen LogP contribution is 2.45. The van der Waals surface area contributed by atoms with Gasteiger partial charge in [0.1, 0.15) is 41.5 Å². The van der Waals surface area contributed by atoms with Gasteiger partial charge in [0.2, 0.25) is 12.0 Å². The van der Waals surface area contributed by atoms with Crippen LogP contribution < -0.4 is 4.74 Å². The molecule has 1 saturated heterocycles. The summed E-state index contributed by atoms with van der Waals surface area (Å²) in [6.07, 6.45) is -8.18. The van der Waals surface area contributed by atoms with Gasteiger partial charge in [-0.15, -0.1) is 0 Å². The largest absolute Gasteiger partial charge is 0.508 e. The lowest BCUT2D eigenvalue weighted by molar-refractivity contribution is -0.277. The number of aliphatic hydroxyl groups is 4. The second-order valence-electron chi connectivity index (χ2n) is 7.37. The minimum absolute atomic E-state index is 0.0592. The highest BCUT2D eigenvalue weighted by Gasteiger charge is 2.45. The van der Waals surface area contributed by atoms with Gasteiger partial charge in [-0.25, -0.2) is 0 Å². The number of hydrogen-bond acceptors (Lipinski definition) is 11. The van der Waals surface area contributed by atoms with E-state index >= 15 is 0 Å². The van der Waals surface area contributed by atoms with E-state index in [1.807, 2.05) is 0 Å². The Morgan fingerprint density at radius 3 is 2.22 bits per heavy atom. The Labute approximate surface area is 182 Å². The van der Waals surface area contributed by atoms with Crippen LogP contribution in [0.25, 0.3) is 0 Å². The summed E-state index contributed by atoms with van der Waals surface area (Å²) >= 11 is 0. The number of benzene rings is 2. The molecular weight excluding hydrogens is 428 g/mol. The molecule has 8 N–H and O–H groups in total. The smallest absolute Gasteiger partial charge is 0.229 e. The summed E-state index contributed by atoms with van der Waals surface area (Å²) in [7, 11) is 0. The van der Waals surface area contributed by atoms with E-state index in [1.165, 1.54) is 12.1 Å². The van der Waals surface area contributed by atoms with Gasteiger partial charge in [0, 0.05) is 12.5 Å². The summed E-state index contributed by atoms with van der Waals surface area (Å²) in [4.78, 5) is 12.6. The average Bonchev–Trinajstić information content (AvgIpc) is 2.75. The minimum Gasteiger partial charge on any atom is -0.508 e. The van der Waals surface area contributed by atoms with Gasteiger partial charge >= 0.3 is 0 Å². The van der Waals surface area contributed by atoms with Crippen molar-refractivity contribution in [3.8, 4) is 28.7 Å². The zero-order valence-corrected chi connectivity index (χ0v) is 16.7. The lowest BCUT2D eigenvalue weighted by Crippen LogP contribution is -2.60. The van der Waals surface area contributed by atoms with Gasteiger partial charge in [0.05, 0.1) is 6.61 Å². The van der Waals surface area contributed by atoms with Crippen LogP contribution in [0.15, 0.2) is 30.3 Å². The fraction of sp³-hybridized carbons (Fsp3) is 0.381. The van der Waals surface area contributed by atoms with Crippen molar-refractivity contribution in [1.82, 2.24) is 0 Å². The fourth-order valence-corrected chi connectivity index (χ4v) is 3.34. The van der Waals surface area contributed by atoms with E-state index in [0.29, 0.717) is 5.56 Å². The average molecular weight is 452 g/mol. The molecule has 0 spiro atoms. The molecule has 0 unspecified atom stereocenters. The van der Waals surface area contributed by atoms with Crippen molar-refractivity contribution >= 4 is 5.78 Å². The quantitative estimate of drug-likeness (QED) is 0.252. The van der Waals surface area contributed by atoms with Gasteiger partial charge in [-0.1, -0.05) is 12.1 Å². The Kier molecular flexibility index (Phi) is 7.06. The number of carbonyl (C=O) groups excluding carboxylic acids is 1. The maximum absolute atomic E-state index is 12.6. The Bertz CT molecular complexity index is 957. The number of aromatic hydroxyl groups is 4. The molecule has 32 heavy (non-hydrogen) atoms. The molecule has 0 saturated carbocycles. The number of phenols is 4. The number of ether oxygens (including phenoxy) is 2. The Morgan fingerprint density at radius 2 is 1.59 bits per heavy atom. The summed E-state index contributed by atoms with van der Waals surface area (Å²) in [6, 6.07) is 6.86. The first-order valence-electron chi connectivity index (χ1n) is 9.70. The summed E-state index contributed by atoms with van der Waals surface area (Å²) in [5.74, 6) is -3.75. The molecule has 0 radical (unpaired) electrons. The van der Waals surface area contributed by atoms with Crippen LogP contribution in [0.4, 0.5) is 0 Å². The highest BCUT2D eigenvalue weighted by molar-refractivity contribution is 6.02. The van der Waals surface area contributed by atoms with Gasteiger partial charge < -0.3 is 50.3 Å². The second-order valence-corrected chi connectivity index (χ2v) is 7.37. The van der Waals surface area contributed by atoms with E-state index < -0.39 is 71.7 Å². The molecular formula is C21H24O11. The van der Waals surface area contributed by atoms with Crippen molar-refractivity contribution in [2.75, 3.05) is 6.61 Å². The highest BCUT2D eigenvalue weighted by atomic mass is 16.7. The van der Waals surface area contributed by atoms with Crippen molar-refractivity contribution < 1.29 is 55.1 Å². The fourth-order valence-electron chi connectivity index (χ4n) is 3.34. The molecule has 1 heterocycles. The van der Waals surface area contributed by atoms with E-state index in [0.717, 1.165) is 6.07 Å². The van der Waals surface area contributed by atoms with Crippen molar-refractivity contribution in [3.05, 3.63) is 41.5 Å². The number of Topliss-reactive ketones (excluding diaryl/α,β-unsaturated/α-hetero) is 1. The number of hydrogen-bond donors (Lipinski definition) is 8. The second kappa shape index (κ2) is 9.59. The molecule has 0 aliphatic carbocycles. The Morgan fingerprint density at radius 1 is 0.938 bits per heavy atom. The first kappa shape index (κ1) is 23.6. The van der Waals surface area contributed by atoms with Crippen molar-refractivity contribution in [3.63, 3.8) is 0 Å². The molecule has 1 fully saturated rings. The van der Waals surface area contributed by atoms with Crippen LogP contribution in [-0.4, -0.2) is 83.9 Å². The number of aryl methyl sites for hydroxylation is 1. The first-order valence-corrected chi connectivity index (χ1v) is 9.70. The van der Waals surface area contributed by atoms with Gasteiger partial charge in [-0.05, 0) is 24.1 Å². The molecule has 0 bridgehead atoms. The van der Waals surface area contributed by atoms with E-state index in [-0.39, 0.29) is 18.6 Å². The molecule has 174 valence electrons. The molecule has 5 atom stereocenters. The molecule has 11 heteroatoms. The van der Waals surface area contributed by atoms with Crippen molar-refractivity contribution in [2.45, 2.75) is 43.5 Å². The molecule has 3 rings (SSSR count). The molecule has 2 aromatic rings. The summed E-state index contributed by atoms with van der Waals surface area (Å²) in [6.45, 7) is -0.723. The number of carbonyl (C=O) groups is 1. The Hall–Kier alpha value is -3.09. The zero-order valence-electron chi connectivity index (χ0n) is 16.7. The SMILES string of the molecule is O=C(CCc1ccc(O)cc1)c1c(O)cc(O)c(O[C@@H]2O[C@H](CO)[C@@H](O)[C@H](O)[C@H]2O)c1O. The van der Waals surface area contributed by atoms with Crippen LogP contribution >= 0.6 is 0 Å². The van der Waals surface area contributed by atoms with Crippen LogP contribution in [0.1, 0.15) is 22.3 Å². The van der Waals surface area contributed by atoms with Crippen LogP contribution in [0.5, 0.6) is 28.7 Å². The molecule has 1 aliphatic rings. The third kappa shape index (κ3) is 4.71. The van der Waals surface area contributed by atoms with Gasteiger partial charge in [-0.2, -0.15) is 0 Å². The summed E-state index contributed by atoms with van der Waals surface area (Å²) in [5.41, 5.74) is 0.174. The molecule has 2 aromatic carbocycles. The van der Waals surface area contributed by atoms with Gasteiger partial charge in [0.25, 0.3) is 0 Å². The lowest BCUT2D eigenvalue weighted by Gasteiger charge is -2.39. The van der Waals surface area contributed by atoms with Gasteiger partial charge in [0.15, 0.2) is 17.3 Å². The van der Waals surface area contributed by atoms with Crippen molar-refractivity contribution in [2.24, 2.45) is 0 Å². The van der Waals surface area contributed by atoms with E-state index in [4.69, 9.17) is 9.47 Å². The predicted molar refractivity (Wildman–Crippen MR) is 107 cm³/mol. The zero-order chi connectivity index (χ0) is 23.6. The van der Waals surface area contributed by atoms with Crippen LogP contribution in [0.3, 0.4) is 0 Å². The number of phenolic OH excluding ortho intramolecular Hbond substituents is 4. The lowest BCUT2D eigenvalue weighted by atomic mass is 9.99. The topological polar surface area (TPSA) is 197 Å². The minimum atomic E-state index is -1.82. The van der Waals surface area contributed by atoms with Crippen molar-refractivity contribution in [1.29, 1.82) is 0 Å². The summed E-state index contributed by atoms with van der Waals surface area (Å²) < 4.78 is 10.4. The van der Waals surface area contributed by atoms with E-state index in [9.17, 15) is 45.6 Å². The summed E-state index contributed by atoms with van der Waals surface area (Å²) in [5, 5.41) is 79.1. The standard InChI is InChI=1S/C21H24O11/c22-8-14-16(27)18(29)19(30)21(31-14)32-20-13(26)7-12(25)15(17(20)28)11(24)6-3-9-1-4-10(23)5-2-9/h1-2,4-5,7,14,16,18-19,21-23,25-30H,3,6,8H2/t14-,16-,18+,19-,21+/m1/s1. The number of ketones is 1. The number of rotatable bonds is 7. The van der Waals surface area contributed by atoms with Crippen LogP contribution in [0, 0.1) is 0 Å². The Balaban J connectivity index is 1.82. The van der Waals surface area contributed by atoms with E-state index in [1.54, 1.807) is 12.1 Å². The third-order valence-corrected chi connectivity index (χ3v) is 5.15. The predicted octanol–water partition coefficient (Wildman–Crippen LogP) is -0.497. The maximum atomic E-state index is 12.6. The van der Waals surface area contributed by atoms with Crippen LogP contribution in [0.2, 0.25) is 0 Å². The molecule has 1 aliphatic heterocycles. The normalized spacial score (nSPS) is 25.4. The number of aliphatic hydroxyl groups excluding tert-OH is 4. The monoisotopic (exact) mass is 452 g/mol. The molecule has 11 nitrogen and oxygen atoms in total.